The van der Waals surface area contributed by atoms with Crippen molar-refractivity contribution >= 4 is 11.8 Å². The van der Waals surface area contributed by atoms with Crippen LogP contribution in [0, 0.1) is 0 Å². The van der Waals surface area contributed by atoms with Gasteiger partial charge in [0.15, 0.2) is 0 Å². The van der Waals surface area contributed by atoms with E-state index in [-0.39, 0.29) is 31.3 Å². The molecule has 0 heterocycles. The molecular formula is C13H32N4O4. The molecule has 8 heteroatoms. The van der Waals surface area contributed by atoms with Gasteiger partial charge in [-0.2, -0.15) is 0 Å². The van der Waals surface area contributed by atoms with Crippen LogP contribution in [0.5, 0.6) is 0 Å². The zero-order valence-corrected chi connectivity index (χ0v) is 13.7. The summed E-state index contributed by atoms with van der Waals surface area (Å²) in [4.78, 5) is 31.4. The third-order valence-electron chi connectivity index (χ3n) is 2.78. The summed E-state index contributed by atoms with van der Waals surface area (Å²) in [5.41, 5.74) is 0. The quantitative estimate of drug-likeness (QED) is 0.665. The SMILES string of the molecule is C.CN[C@@H](C)C(=O)N(C)OC.CN[C@H](C)C(=O)N(C)OC. The Morgan fingerprint density at radius 3 is 1.24 bits per heavy atom. The highest BCUT2D eigenvalue weighted by Crippen LogP contribution is 1.90. The molecule has 0 radical (unpaired) electrons. The first-order valence-electron chi connectivity index (χ1n) is 6.24. The fourth-order valence-corrected chi connectivity index (χ4v) is 0.972. The summed E-state index contributed by atoms with van der Waals surface area (Å²) in [6, 6.07) is -0.380. The van der Waals surface area contributed by atoms with Crippen LogP contribution < -0.4 is 10.6 Å². The Balaban J connectivity index is -0.000000295. The van der Waals surface area contributed by atoms with Crippen LogP contribution in [0.2, 0.25) is 0 Å². The number of hydroxylamine groups is 4. The first kappa shape index (κ1) is 24.8. The average Bonchev–Trinajstić information content (AvgIpc) is 2.50. The molecule has 0 aromatic carbocycles. The summed E-state index contributed by atoms with van der Waals surface area (Å²) in [5.74, 6) is -0.157. The fourth-order valence-electron chi connectivity index (χ4n) is 0.972. The number of carbonyl (C=O) groups is 2. The lowest BCUT2D eigenvalue weighted by molar-refractivity contribution is -0.170. The van der Waals surface area contributed by atoms with Gasteiger partial charge in [0.25, 0.3) is 11.8 Å². The Morgan fingerprint density at radius 2 is 1.10 bits per heavy atom. The van der Waals surface area contributed by atoms with E-state index in [9.17, 15) is 9.59 Å². The van der Waals surface area contributed by atoms with Crippen molar-refractivity contribution in [3.63, 3.8) is 0 Å². The third kappa shape index (κ3) is 10.2. The minimum atomic E-state index is -0.190. The zero-order valence-electron chi connectivity index (χ0n) is 13.7. The fraction of sp³-hybridized carbons (Fsp3) is 0.846. The molecule has 0 aromatic rings. The molecule has 0 bridgehead atoms. The second-order valence-electron chi connectivity index (χ2n) is 4.06. The first-order chi connectivity index (χ1) is 9.26. The Hall–Kier alpha value is -1.22. The zero-order chi connectivity index (χ0) is 16.3. The smallest absolute Gasteiger partial charge is 0.262 e. The predicted molar refractivity (Wildman–Crippen MR) is 83.3 cm³/mol. The van der Waals surface area contributed by atoms with Crippen molar-refractivity contribution in [3.05, 3.63) is 0 Å². The maximum absolute atomic E-state index is 11.0. The lowest BCUT2D eigenvalue weighted by atomic mass is 10.3. The van der Waals surface area contributed by atoms with Gasteiger partial charge in [-0.25, -0.2) is 10.1 Å². The second kappa shape index (κ2) is 13.7. The van der Waals surface area contributed by atoms with Crippen molar-refractivity contribution < 1.29 is 19.3 Å². The van der Waals surface area contributed by atoms with Crippen LogP contribution in [-0.2, 0) is 19.3 Å². The molecule has 0 rings (SSSR count). The molecule has 21 heavy (non-hydrogen) atoms. The molecule has 0 aromatic heterocycles. The third-order valence-corrected chi connectivity index (χ3v) is 2.78. The van der Waals surface area contributed by atoms with Gasteiger partial charge in [0.2, 0.25) is 0 Å². The molecule has 0 aliphatic heterocycles. The Kier molecular flexibility index (Phi) is 16.2. The molecule has 0 fully saturated rings. The standard InChI is InChI=1S/2C6H14N2O2.CH4/c2*1-5(7-2)6(9)8(3)10-4;/h2*5,7H,1-4H3;1H4/t2*5-;/m10./s1. The van der Waals surface area contributed by atoms with Crippen LogP contribution in [0.15, 0.2) is 0 Å². The van der Waals surface area contributed by atoms with Gasteiger partial charge in [0, 0.05) is 14.1 Å². The van der Waals surface area contributed by atoms with E-state index in [1.54, 1.807) is 42.0 Å². The summed E-state index contributed by atoms with van der Waals surface area (Å²) >= 11 is 0. The lowest BCUT2D eigenvalue weighted by Crippen LogP contribution is -2.40. The molecule has 0 aliphatic rings. The second-order valence-corrected chi connectivity index (χ2v) is 4.06. The number of hydrogen-bond acceptors (Lipinski definition) is 6. The average molecular weight is 308 g/mol. The highest BCUT2D eigenvalue weighted by Gasteiger charge is 2.14. The minimum absolute atomic E-state index is 0. The van der Waals surface area contributed by atoms with Crippen molar-refractivity contribution in [2.75, 3.05) is 42.4 Å². The number of nitrogens with zero attached hydrogens (tertiary/aromatic N) is 2. The maximum atomic E-state index is 11.0. The van der Waals surface area contributed by atoms with E-state index < -0.39 is 0 Å². The number of carbonyl (C=O) groups excluding carboxylic acids is 2. The van der Waals surface area contributed by atoms with Gasteiger partial charge in [-0.15, -0.1) is 0 Å². The van der Waals surface area contributed by atoms with E-state index in [1.807, 2.05) is 0 Å². The molecule has 0 spiro atoms. The highest BCUT2D eigenvalue weighted by atomic mass is 16.7. The maximum Gasteiger partial charge on any atom is 0.262 e. The summed E-state index contributed by atoms with van der Waals surface area (Å²) in [5, 5.41) is 8.01. The van der Waals surface area contributed by atoms with Gasteiger partial charge in [0.05, 0.1) is 26.3 Å². The summed E-state index contributed by atoms with van der Waals surface area (Å²) in [7, 11) is 9.53. The van der Waals surface area contributed by atoms with Gasteiger partial charge < -0.3 is 10.6 Å². The van der Waals surface area contributed by atoms with E-state index in [0.29, 0.717) is 0 Å². The van der Waals surface area contributed by atoms with Crippen LogP contribution in [0.1, 0.15) is 21.3 Å². The minimum Gasteiger partial charge on any atom is -0.309 e. The predicted octanol–water partition coefficient (Wildman–Crippen LogP) is -0.136. The molecule has 2 N–H and O–H groups in total. The van der Waals surface area contributed by atoms with Gasteiger partial charge >= 0.3 is 0 Å². The monoisotopic (exact) mass is 308 g/mol. The van der Waals surface area contributed by atoms with Gasteiger partial charge in [-0.05, 0) is 27.9 Å². The molecule has 2 amide bonds. The van der Waals surface area contributed by atoms with E-state index in [4.69, 9.17) is 0 Å². The molecule has 0 saturated carbocycles. The van der Waals surface area contributed by atoms with E-state index >= 15 is 0 Å². The Morgan fingerprint density at radius 1 is 0.857 bits per heavy atom. The lowest BCUT2D eigenvalue weighted by Gasteiger charge is -2.17. The first-order valence-corrected chi connectivity index (χ1v) is 6.24. The number of amides is 2. The molecule has 128 valence electrons. The number of rotatable bonds is 6. The summed E-state index contributed by atoms with van der Waals surface area (Å²) in [6.07, 6.45) is 0. The van der Waals surface area contributed by atoms with Crippen molar-refractivity contribution in [1.29, 1.82) is 0 Å². The summed E-state index contributed by atoms with van der Waals surface area (Å²) in [6.45, 7) is 3.55. The number of nitrogens with one attached hydrogen (secondary N) is 2. The van der Waals surface area contributed by atoms with Crippen molar-refractivity contribution in [2.24, 2.45) is 0 Å². The van der Waals surface area contributed by atoms with E-state index in [0.717, 1.165) is 0 Å². The molecule has 0 saturated heterocycles. The van der Waals surface area contributed by atoms with Crippen LogP contribution in [-0.4, -0.2) is 76.4 Å². The molecule has 0 aliphatic carbocycles. The van der Waals surface area contributed by atoms with E-state index in [2.05, 4.69) is 20.3 Å². The van der Waals surface area contributed by atoms with Gasteiger partial charge in [0.1, 0.15) is 0 Å². The number of likely N-dealkylation sites (N-methyl/N-ethyl adjacent to an activating group) is 4. The topological polar surface area (TPSA) is 83.1 Å². The van der Waals surface area contributed by atoms with Gasteiger partial charge in [-0.1, -0.05) is 7.43 Å². The molecule has 0 unspecified atom stereocenters. The van der Waals surface area contributed by atoms with Crippen LogP contribution in [0.3, 0.4) is 0 Å². The normalized spacial score (nSPS) is 12.2. The molecular weight excluding hydrogens is 276 g/mol. The van der Waals surface area contributed by atoms with Crippen molar-refractivity contribution in [3.8, 4) is 0 Å². The number of hydrogen-bond donors (Lipinski definition) is 2. The molecule has 2 atom stereocenters. The molecule has 8 nitrogen and oxygen atoms in total. The van der Waals surface area contributed by atoms with E-state index in [1.165, 1.54) is 24.3 Å². The van der Waals surface area contributed by atoms with Crippen molar-refractivity contribution in [1.82, 2.24) is 20.8 Å². The largest absolute Gasteiger partial charge is 0.309 e. The highest BCUT2D eigenvalue weighted by molar-refractivity contribution is 5.80. The Labute approximate surface area is 128 Å². The van der Waals surface area contributed by atoms with Crippen LogP contribution >= 0.6 is 0 Å². The van der Waals surface area contributed by atoms with Crippen LogP contribution in [0.25, 0.3) is 0 Å². The van der Waals surface area contributed by atoms with Gasteiger partial charge in [-0.3, -0.25) is 19.3 Å². The van der Waals surface area contributed by atoms with Crippen molar-refractivity contribution in [2.45, 2.75) is 33.4 Å². The summed E-state index contributed by atoms with van der Waals surface area (Å²) < 4.78 is 0. The Bertz CT molecular complexity index is 237. The van der Waals surface area contributed by atoms with Crippen LogP contribution in [0.4, 0.5) is 0 Å².